The molecule has 2 aromatic rings. The molecule has 9 heteroatoms. The van der Waals surface area contributed by atoms with Gasteiger partial charge in [0.2, 0.25) is 0 Å². The highest BCUT2D eigenvalue weighted by molar-refractivity contribution is 5.88. The lowest BCUT2D eigenvalue weighted by atomic mass is 10.0. The molecule has 0 fully saturated rings. The van der Waals surface area contributed by atoms with Crippen LogP contribution in [0.1, 0.15) is 41.3 Å². The van der Waals surface area contributed by atoms with E-state index in [4.69, 9.17) is 4.84 Å². The molecule has 2 rings (SSSR count). The highest BCUT2D eigenvalue weighted by Crippen LogP contribution is 2.31. The first-order chi connectivity index (χ1) is 13.3. The highest BCUT2D eigenvalue weighted by atomic mass is 19.4. The van der Waals surface area contributed by atoms with Gasteiger partial charge in [-0.25, -0.2) is 0 Å². The van der Waals surface area contributed by atoms with Crippen molar-refractivity contribution in [3.05, 3.63) is 75.7 Å². The van der Waals surface area contributed by atoms with E-state index in [1.54, 1.807) is 31.2 Å². The zero-order valence-electron chi connectivity index (χ0n) is 15.1. The molecule has 0 aliphatic rings. The molecule has 2 aromatic carbocycles. The third-order valence-corrected chi connectivity index (χ3v) is 3.98. The summed E-state index contributed by atoms with van der Waals surface area (Å²) in [6.07, 6.45) is -3.92. The van der Waals surface area contributed by atoms with Crippen LogP contribution in [0.15, 0.2) is 58.9 Å². The Kier molecular flexibility index (Phi) is 6.86. The van der Waals surface area contributed by atoms with E-state index >= 15 is 0 Å². The quantitative estimate of drug-likeness (QED) is 0.431. The van der Waals surface area contributed by atoms with Crippen molar-refractivity contribution < 1.29 is 22.8 Å². The van der Waals surface area contributed by atoms with Crippen LogP contribution in [-0.2, 0) is 15.8 Å². The summed E-state index contributed by atoms with van der Waals surface area (Å²) in [7, 11) is 1.39. The number of nitrogens with zero attached hydrogens (tertiary/aromatic N) is 2. The Bertz CT molecular complexity index is 869. The fourth-order valence-electron chi connectivity index (χ4n) is 2.47. The minimum Gasteiger partial charge on any atom is -0.388 e. The molecule has 6 nitrogen and oxygen atoms in total. The summed E-state index contributed by atoms with van der Waals surface area (Å²) >= 11 is 0. The fourth-order valence-corrected chi connectivity index (χ4v) is 2.47. The standard InChI is InChI=1S/C19H18F3N3O3/c1-12(13-7-5-8-15(10-13)19(20,21)22)28-24-11-14-6-3-4-9-16(14)17(25-27)18(26)23-2/h3-12,17H,1-2H3,(H,23,26)/b24-11+. The van der Waals surface area contributed by atoms with Crippen molar-refractivity contribution in [1.29, 1.82) is 0 Å². The van der Waals surface area contributed by atoms with Crippen molar-refractivity contribution in [2.24, 2.45) is 10.3 Å². The summed E-state index contributed by atoms with van der Waals surface area (Å²) in [5.41, 5.74) is 0.279. The van der Waals surface area contributed by atoms with Crippen LogP contribution in [0.3, 0.4) is 0 Å². The second-order valence-electron chi connectivity index (χ2n) is 5.86. The molecule has 0 saturated carbocycles. The van der Waals surface area contributed by atoms with Crippen molar-refractivity contribution >= 4 is 12.1 Å². The summed E-state index contributed by atoms with van der Waals surface area (Å²) < 4.78 is 38.4. The van der Waals surface area contributed by atoms with E-state index in [0.717, 1.165) is 12.1 Å². The smallest absolute Gasteiger partial charge is 0.388 e. The number of amides is 1. The lowest BCUT2D eigenvalue weighted by Gasteiger charge is -2.13. The van der Waals surface area contributed by atoms with E-state index in [0.29, 0.717) is 16.7 Å². The Morgan fingerprint density at radius 2 is 1.89 bits per heavy atom. The lowest BCUT2D eigenvalue weighted by molar-refractivity contribution is -0.137. The van der Waals surface area contributed by atoms with Gasteiger partial charge in [-0.05, 0) is 30.2 Å². The average molecular weight is 393 g/mol. The molecule has 1 amide bonds. The molecule has 0 radical (unpaired) electrons. The zero-order chi connectivity index (χ0) is 20.7. The molecule has 1 N–H and O–H groups in total. The molecule has 0 saturated heterocycles. The first kappa shape index (κ1) is 21.1. The predicted octanol–water partition coefficient (Wildman–Crippen LogP) is 4.37. The van der Waals surface area contributed by atoms with Crippen molar-refractivity contribution in [1.82, 2.24) is 5.32 Å². The average Bonchev–Trinajstić information content (AvgIpc) is 2.68. The molecule has 148 valence electrons. The maximum Gasteiger partial charge on any atom is 0.416 e. The van der Waals surface area contributed by atoms with Gasteiger partial charge in [0.15, 0.2) is 6.04 Å². The van der Waals surface area contributed by atoms with Crippen LogP contribution in [0, 0.1) is 4.91 Å². The number of nitroso groups, excluding NO2 is 1. The monoisotopic (exact) mass is 393 g/mol. The third kappa shape index (κ3) is 5.15. The number of benzene rings is 2. The number of carbonyl (C=O) groups excluding carboxylic acids is 1. The van der Waals surface area contributed by atoms with Gasteiger partial charge in [0, 0.05) is 12.6 Å². The molecule has 2 atom stereocenters. The number of alkyl halides is 3. The maximum absolute atomic E-state index is 12.8. The fraction of sp³-hybridized carbons (Fsp3) is 0.263. The molecule has 0 aromatic heterocycles. The number of halogens is 3. The van der Waals surface area contributed by atoms with Gasteiger partial charge in [0.25, 0.3) is 5.91 Å². The van der Waals surface area contributed by atoms with Gasteiger partial charge < -0.3 is 10.2 Å². The summed E-state index contributed by atoms with van der Waals surface area (Å²) in [6, 6.07) is 9.98. The van der Waals surface area contributed by atoms with Crippen molar-refractivity contribution in [3.63, 3.8) is 0 Å². The molecule has 2 unspecified atom stereocenters. The second-order valence-corrected chi connectivity index (χ2v) is 5.86. The Hall–Kier alpha value is -3.23. The van der Waals surface area contributed by atoms with E-state index in [-0.39, 0.29) is 0 Å². The number of hydrogen-bond acceptors (Lipinski definition) is 5. The van der Waals surface area contributed by atoms with E-state index in [2.05, 4.69) is 15.6 Å². The van der Waals surface area contributed by atoms with Gasteiger partial charge in [-0.3, -0.25) is 4.79 Å². The van der Waals surface area contributed by atoms with Crippen molar-refractivity contribution in [3.8, 4) is 0 Å². The van der Waals surface area contributed by atoms with Crippen LogP contribution in [0.2, 0.25) is 0 Å². The normalized spacial score (nSPS) is 13.8. The zero-order valence-corrected chi connectivity index (χ0v) is 15.1. The lowest BCUT2D eigenvalue weighted by Crippen LogP contribution is -2.25. The molecule has 0 spiro atoms. The number of rotatable bonds is 7. The van der Waals surface area contributed by atoms with Gasteiger partial charge in [-0.1, -0.05) is 46.7 Å². The van der Waals surface area contributed by atoms with Crippen LogP contribution in [0.4, 0.5) is 13.2 Å². The van der Waals surface area contributed by atoms with E-state index in [9.17, 15) is 22.9 Å². The summed E-state index contributed by atoms with van der Waals surface area (Å²) in [5.74, 6) is -0.575. The molecular weight excluding hydrogens is 375 g/mol. The first-order valence-electron chi connectivity index (χ1n) is 8.27. The van der Waals surface area contributed by atoms with Crippen LogP contribution < -0.4 is 5.32 Å². The SMILES string of the molecule is CNC(=O)C(N=O)c1ccccc1/C=N/OC(C)c1cccc(C(F)(F)F)c1. The van der Waals surface area contributed by atoms with Crippen LogP contribution in [-0.4, -0.2) is 19.2 Å². The van der Waals surface area contributed by atoms with Gasteiger partial charge >= 0.3 is 6.18 Å². The Morgan fingerprint density at radius 3 is 2.54 bits per heavy atom. The van der Waals surface area contributed by atoms with Crippen LogP contribution in [0.5, 0.6) is 0 Å². The first-order valence-corrected chi connectivity index (χ1v) is 8.27. The van der Waals surface area contributed by atoms with Crippen molar-refractivity contribution in [2.45, 2.75) is 25.2 Å². The molecule has 28 heavy (non-hydrogen) atoms. The maximum atomic E-state index is 12.8. The minimum atomic E-state index is -4.45. The van der Waals surface area contributed by atoms with Crippen LogP contribution >= 0.6 is 0 Å². The number of oxime groups is 1. The predicted molar refractivity (Wildman–Crippen MR) is 97.6 cm³/mol. The van der Waals surface area contributed by atoms with Gasteiger partial charge in [0.1, 0.15) is 6.10 Å². The number of carbonyl (C=O) groups is 1. The van der Waals surface area contributed by atoms with Gasteiger partial charge in [-0.15, -0.1) is 4.91 Å². The van der Waals surface area contributed by atoms with Crippen molar-refractivity contribution in [2.75, 3.05) is 7.05 Å². The van der Waals surface area contributed by atoms with E-state index in [1.807, 2.05) is 0 Å². The summed E-state index contributed by atoms with van der Waals surface area (Å²) in [4.78, 5) is 28.1. The number of hydrogen-bond donors (Lipinski definition) is 1. The van der Waals surface area contributed by atoms with Gasteiger partial charge in [-0.2, -0.15) is 13.2 Å². The number of nitrogens with one attached hydrogen (secondary N) is 1. The van der Waals surface area contributed by atoms with E-state index in [1.165, 1.54) is 25.4 Å². The summed E-state index contributed by atoms with van der Waals surface area (Å²) in [5, 5.41) is 8.99. The van der Waals surface area contributed by atoms with Crippen LogP contribution in [0.25, 0.3) is 0 Å². The summed E-state index contributed by atoms with van der Waals surface area (Å²) in [6.45, 7) is 1.55. The molecule has 0 bridgehead atoms. The third-order valence-electron chi connectivity index (χ3n) is 3.98. The highest BCUT2D eigenvalue weighted by Gasteiger charge is 2.30. The Labute approximate surface area is 159 Å². The molecule has 0 aliphatic heterocycles. The topological polar surface area (TPSA) is 80.1 Å². The minimum absolute atomic E-state index is 0.304. The number of likely N-dealkylation sites (N-methyl/N-ethyl adjacent to an activating group) is 1. The van der Waals surface area contributed by atoms with E-state index < -0.39 is 29.8 Å². The molecule has 0 aliphatic carbocycles. The molecule has 0 heterocycles. The largest absolute Gasteiger partial charge is 0.416 e. The Balaban J connectivity index is 2.17. The second kappa shape index (κ2) is 9.12. The molecular formula is C19H18F3N3O3. The Morgan fingerprint density at radius 1 is 1.18 bits per heavy atom. The van der Waals surface area contributed by atoms with Gasteiger partial charge in [0.05, 0.1) is 11.8 Å².